The van der Waals surface area contributed by atoms with Crippen molar-refractivity contribution in [2.75, 3.05) is 5.32 Å². The summed E-state index contributed by atoms with van der Waals surface area (Å²) >= 11 is 0. The van der Waals surface area contributed by atoms with E-state index >= 15 is 0 Å². The molecule has 3 aromatic carbocycles. The van der Waals surface area contributed by atoms with E-state index in [0.29, 0.717) is 0 Å². The number of carbonyl (C=O) groups excluding carboxylic acids is 1. The van der Waals surface area contributed by atoms with E-state index in [-0.39, 0.29) is 11.9 Å². The molecule has 0 fully saturated rings. The fourth-order valence-corrected chi connectivity index (χ4v) is 4.45. The predicted octanol–water partition coefficient (Wildman–Crippen LogP) is 6.80. The summed E-state index contributed by atoms with van der Waals surface area (Å²) in [4.78, 5) is 13.4. The van der Waals surface area contributed by atoms with E-state index in [1.165, 1.54) is 5.56 Å². The predicted molar refractivity (Wildman–Crippen MR) is 125 cm³/mol. The number of nitrogens with zero attached hydrogens (tertiary/aromatic N) is 2. The average Bonchev–Trinajstić information content (AvgIpc) is 3.03. The first kappa shape index (κ1) is 20.1. The second-order valence-corrected chi connectivity index (χ2v) is 8.46. The highest BCUT2D eigenvalue weighted by molar-refractivity contribution is 6.03. The molecule has 4 heteroatoms. The van der Waals surface area contributed by atoms with Crippen LogP contribution in [0.25, 0.3) is 10.8 Å². The summed E-state index contributed by atoms with van der Waals surface area (Å²) in [5.41, 5.74) is 2.64. The van der Waals surface area contributed by atoms with Crippen molar-refractivity contribution in [1.29, 1.82) is 0 Å². The summed E-state index contributed by atoms with van der Waals surface area (Å²) in [5.74, 6) is 0.0866. The third-order valence-corrected chi connectivity index (χ3v) is 5.96. The highest BCUT2D eigenvalue weighted by Crippen LogP contribution is 2.41. The summed E-state index contributed by atoms with van der Waals surface area (Å²) in [5, 5.41) is 11.7. The van der Waals surface area contributed by atoms with Gasteiger partial charge in [0.25, 0.3) is 0 Å². The minimum absolute atomic E-state index is 0.0866. The Hall–Kier alpha value is -3.14. The van der Waals surface area contributed by atoms with E-state index in [1.54, 1.807) is 5.01 Å². The van der Waals surface area contributed by atoms with Gasteiger partial charge in [0.05, 0.1) is 11.2 Å². The maximum atomic E-state index is 13.4. The zero-order chi connectivity index (χ0) is 21.1. The minimum Gasteiger partial charge on any atom is -0.306 e. The molecule has 154 valence electrons. The maximum absolute atomic E-state index is 13.4. The number of hydrogen-bond donors (Lipinski definition) is 1. The fourth-order valence-electron chi connectivity index (χ4n) is 4.45. The second-order valence-electron chi connectivity index (χ2n) is 8.46. The largest absolute Gasteiger partial charge is 0.342 e. The number of anilines is 1. The average molecular weight is 400 g/mol. The molecule has 0 saturated heterocycles. The molecule has 1 aliphatic rings. The van der Waals surface area contributed by atoms with Gasteiger partial charge in [-0.1, -0.05) is 80.1 Å². The zero-order valence-corrected chi connectivity index (χ0v) is 17.9. The highest BCUT2D eigenvalue weighted by Gasteiger charge is 2.47. The van der Waals surface area contributed by atoms with Gasteiger partial charge in [-0.25, -0.2) is 9.80 Å². The number of nitrogens with one attached hydrogen (secondary N) is 1. The zero-order valence-electron chi connectivity index (χ0n) is 17.9. The molecule has 1 heterocycles. The summed E-state index contributed by atoms with van der Waals surface area (Å²) in [6.07, 6.45) is 3.07. The van der Waals surface area contributed by atoms with Gasteiger partial charge in [-0.15, -0.1) is 0 Å². The Labute approximate surface area is 178 Å². The number of rotatable bonds is 5. The summed E-state index contributed by atoms with van der Waals surface area (Å²) < 4.78 is 0. The Balaban J connectivity index is 1.66. The van der Waals surface area contributed by atoms with Crippen molar-refractivity contribution in [2.24, 2.45) is 5.10 Å². The van der Waals surface area contributed by atoms with Gasteiger partial charge >= 0.3 is 6.03 Å². The summed E-state index contributed by atoms with van der Waals surface area (Å²) in [7, 11) is 0. The number of urea groups is 1. The normalized spacial score (nSPS) is 17.8. The smallest absolute Gasteiger partial charge is 0.306 e. The van der Waals surface area contributed by atoms with Gasteiger partial charge in [0.1, 0.15) is 0 Å². The van der Waals surface area contributed by atoms with Crippen molar-refractivity contribution < 1.29 is 4.79 Å². The number of benzene rings is 3. The van der Waals surface area contributed by atoms with Crippen LogP contribution < -0.4 is 5.32 Å². The van der Waals surface area contributed by atoms with E-state index in [4.69, 9.17) is 5.10 Å². The molecule has 0 radical (unpaired) electrons. The van der Waals surface area contributed by atoms with Crippen molar-refractivity contribution in [3.63, 3.8) is 0 Å². The first-order chi connectivity index (χ1) is 14.5. The number of amides is 2. The van der Waals surface area contributed by atoms with E-state index in [2.05, 4.69) is 62.5 Å². The first-order valence-electron chi connectivity index (χ1n) is 10.7. The molecule has 0 saturated carbocycles. The Morgan fingerprint density at radius 1 is 1.00 bits per heavy atom. The van der Waals surface area contributed by atoms with Crippen LogP contribution in [0.3, 0.4) is 0 Å². The molecule has 4 nitrogen and oxygen atoms in total. The van der Waals surface area contributed by atoms with Crippen molar-refractivity contribution in [3.8, 4) is 0 Å². The van der Waals surface area contributed by atoms with E-state index in [0.717, 1.165) is 41.4 Å². The molecule has 1 atom stereocenters. The van der Waals surface area contributed by atoms with Crippen molar-refractivity contribution >= 4 is 28.2 Å². The highest BCUT2D eigenvalue weighted by atomic mass is 16.2. The van der Waals surface area contributed by atoms with E-state index in [1.807, 2.05) is 36.4 Å². The summed E-state index contributed by atoms with van der Waals surface area (Å²) in [6.45, 7) is 6.40. The number of fused-ring (bicyclic) bond motifs is 1. The molecular weight excluding hydrogens is 370 g/mol. The Morgan fingerprint density at radius 2 is 1.70 bits per heavy atom. The Morgan fingerprint density at radius 3 is 2.47 bits per heavy atom. The minimum atomic E-state index is -0.459. The standard InChI is InChI=1S/C26H29N3O/c1-4-5-17-23-24(20-13-7-6-8-14-20)26(2,3)29(28-23)25(30)27-22-18-11-15-19-12-9-10-16-21(19)22/h6-16,18,24H,4-5,17H2,1-3H3,(H,27,30). The molecule has 1 aliphatic heterocycles. The molecule has 30 heavy (non-hydrogen) atoms. The molecule has 2 amide bonds. The van der Waals surface area contributed by atoms with Crippen LogP contribution in [-0.2, 0) is 0 Å². The lowest BCUT2D eigenvalue weighted by molar-refractivity contribution is 0.158. The Kier molecular flexibility index (Phi) is 5.58. The van der Waals surface area contributed by atoms with Gasteiger partial charge in [0.2, 0.25) is 0 Å². The molecule has 0 spiro atoms. The molecule has 0 bridgehead atoms. The lowest BCUT2D eigenvalue weighted by Crippen LogP contribution is -2.46. The number of carbonyl (C=O) groups is 1. The van der Waals surface area contributed by atoms with Crippen LogP contribution >= 0.6 is 0 Å². The lowest BCUT2D eigenvalue weighted by atomic mass is 9.78. The van der Waals surface area contributed by atoms with Gasteiger partial charge in [0, 0.05) is 17.0 Å². The van der Waals surface area contributed by atoms with Gasteiger partial charge in [-0.3, -0.25) is 0 Å². The maximum Gasteiger partial charge on any atom is 0.342 e. The van der Waals surface area contributed by atoms with Gasteiger partial charge in [-0.05, 0) is 43.7 Å². The quantitative estimate of drug-likeness (QED) is 0.504. The van der Waals surface area contributed by atoms with Gasteiger partial charge < -0.3 is 5.32 Å². The van der Waals surface area contributed by atoms with Crippen LogP contribution in [-0.4, -0.2) is 22.3 Å². The van der Waals surface area contributed by atoms with Crippen molar-refractivity contribution in [2.45, 2.75) is 51.5 Å². The second kappa shape index (κ2) is 8.31. The van der Waals surface area contributed by atoms with E-state index in [9.17, 15) is 4.79 Å². The lowest BCUT2D eigenvalue weighted by Gasteiger charge is -2.34. The van der Waals surface area contributed by atoms with Crippen LogP contribution in [0.5, 0.6) is 0 Å². The van der Waals surface area contributed by atoms with Crippen molar-refractivity contribution in [3.05, 3.63) is 78.4 Å². The van der Waals surface area contributed by atoms with Gasteiger partial charge in [0.15, 0.2) is 0 Å². The Bertz CT molecular complexity index is 1070. The van der Waals surface area contributed by atoms with Crippen molar-refractivity contribution in [1.82, 2.24) is 5.01 Å². The third-order valence-electron chi connectivity index (χ3n) is 5.96. The third kappa shape index (κ3) is 3.70. The molecular formula is C26H29N3O. The SMILES string of the molecule is CCCCC1=NN(C(=O)Nc2cccc3ccccc23)C(C)(C)C1c1ccccc1. The van der Waals surface area contributed by atoms with Crippen LogP contribution in [0, 0.1) is 0 Å². The number of hydrazone groups is 1. The van der Waals surface area contributed by atoms with Gasteiger partial charge in [-0.2, -0.15) is 5.10 Å². The molecule has 0 aliphatic carbocycles. The van der Waals surface area contributed by atoms with Crippen LogP contribution in [0.4, 0.5) is 10.5 Å². The molecule has 4 rings (SSSR count). The van der Waals surface area contributed by atoms with E-state index < -0.39 is 5.54 Å². The first-order valence-corrected chi connectivity index (χ1v) is 10.7. The molecule has 1 unspecified atom stereocenters. The fraction of sp³-hybridized carbons (Fsp3) is 0.308. The topological polar surface area (TPSA) is 44.7 Å². The molecule has 1 N–H and O–H groups in total. The molecule has 0 aromatic heterocycles. The van der Waals surface area contributed by atoms with Crippen LogP contribution in [0.2, 0.25) is 0 Å². The monoisotopic (exact) mass is 399 g/mol. The number of unbranched alkanes of at least 4 members (excludes halogenated alkanes) is 1. The summed E-state index contributed by atoms with van der Waals surface area (Å²) in [6, 6.07) is 24.3. The molecule has 3 aromatic rings. The number of hydrogen-bond acceptors (Lipinski definition) is 2. The van der Waals surface area contributed by atoms with Crippen LogP contribution in [0.15, 0.2) is 77.9 Å². The van der Waals surface area contributed by atoms with Crippen LogP contribution in [0.1, 0.15) is 51.5 Å².